The van der Waals surface area contributed by atoms with Crippen LogP contribution in [0.5, 0.6) is 0 Å². The SMILES string of the molecule is Cc1ccccc1C(N)c1ccncc1Cl. The molecular weight excluding hydrogens is 220 g/mol. The van der Waals surface area contributed by atoms with Crippen LogP contribution in [0.4, 0.5) is 0 Å². The highest BCUT2D eigenvalue weighted by Gasteiger charge is 2.13. The minimum atomic E-state index is -0.198. The van der Waals surface area contributed by atoms with Gasteiger partial charge in [-0.2, -0.15) is 0 Å². The number of rotatable bonds is 2. The maximum Gasteiger partial charge on any atom is 0.0640 e. The molecule has 16 heavy (non-hydrogen) atoms. The van der Waals surface area contributed by atoms with Gasteiger partial charge in [-0.3, -0.25) is 4.98 Å². The van der Waals surface area contributed by atoms with Crippen LogP contribution in [0.2, 0.25) is 5.02 Å². The van der Waals surface area contributed by atoms with Crippen LogP contribution in [0, 0.1) is 6.92 Å². The number of aromatic nitrogens is 1. The van der Waals surface area contributed by atoms with Gasteiger partial charge in [-0.15, -0.1) is 0 Å². The van der Waals surface area contributed by atoms with Gasteiger partial charge in [0.25, 0.3) is 0 Å². The lowest BCUT2D eigenvalue weighted by Gasteiger charge is -2.15. The van der Waals surface area contributed by atoms with Crippen molar-refractivity contribution >= 4 is 11.6 Å². The molecule has 82 valence electrons. The molecule has 0 bridgehead atoms. The van der Waals surface area contributed by atoms with Gasteiger partial charge in [0.05, 0.1) is 11.1 Å². The lowest BCUT2D eigenvalue weighted by atomic mass is 9.96. The first-order valence-corrected chi connectivity index (χ1v) is 5.48. The summed E-state index contributed by atoms with van der Waals surface area (Å²) >= 11 is 6.08. The second-order valence-corrected chi connectivity index (χ2v) is 4.14. The lowest BCUT2D eigenvalue weighted by molar-refractivity contribution is 0.858. The Hall–Kier alpha value is -1.38. The van der Waals surface area contributed by atoms with Crippen LogP contribution >= 0.6 is 11.6 Å². The molecule has 0 aliphatic carbocycles. The number of pyridine rings is 1. The quantitative estimate of drug-likeness (QED) is 0.864. The second-order valence-electron chi connectivity index (χ2n) is 3.73. The third-order valence-corrected chi connectivity index (χ3v) is 2.98. The van der Waals surface area contributed by atoms with E-state index in [1.54, 1.807) is 12.4 Å². The molecule has 2 rings (SSSR count). The Morgan fingerprint density at radius 2 is 1.94 bits per heavy atom. The van der Waals surface area contributed by atoms with Crippen LogP contribution in [0.1, 0.15) is 22.7 Å². The van der Waals surface area contributed by atoms with Crippen LogP contribution in [0.15, 0.2) is 42.7 Å². The molecule has 2 aromatic rings. The summed E-state index contributed by atoms with van der Waals surface area (Å²) in [7, 11) is 0. The fourth-order valence-electron chi connectivity index (χ4n) is 1.74. The number of hydrogen-bond acceptors (Lipinski definition) is 2. The van der Waals surface area contributed by atoms with E-state index >= 15 is 0 Å². The summed E-state index contributed by atoms with van der Waals surface area (Å²) in [6, 6.07) is 9.72. The highest BCUT2D eigenvalue weighted by molar-refractivity contribution is 6.31. The molecule has 0 amide bonds. The van der Waals surface area contributed by atoms with Gasteiger partial charge in [-0.05, 0) is 29.7 Å². The first kappa shape index (κ1) is 11.1. The van der Waals surface area contributed by atoms with Crippen molar-refractivity contribution in [1.29, 1.82) is 0 Å². The number of nitrogens with two attached hydrogens (primary N) is 1. The van der Waals surface area contributed by atoms with Crippen LogP contribution in [0.3, 0.4) is 0 Å². The molecule has 2 nitrogen and oxygen atoms in total. The van der Waals surface area contributed by atoms with Crippen molar-refractivity contribution in [2.45, 2.75) is 13.0 Å². The van der Waals surface area contributed by atoms with E-state index in [0.717, 1.165) is 11.1 Å². The van der Waals surface area contributed by atoms with Crippen molar-refractivity contribution < 1.29 is 0 Å². The normalized spacial score (nSPS) is 12.4. The summed E-state index contributed by atoms with van der Waals surface area (Å²) in [5, 5.41) is 0.609. The van der Waals surface area contributed by atoms with E-state index in [4.69, 9.17) is 17.3 Å². The lowest BCUT2D eigenvalue weighted by Crippen LogP contribution is -2.13. The van der Waals surface area contributed by atoms with E-state index in [9.17, 15) is 0 Å². The standard InChI is InChI=1S/C13H13ClN2/c1-9-4-2-3-5-10(9)13(15)11-6-7-16-8-12(11)14/h2-8,13H,15H2,1H3. The van der Waals surface area contributed by atoms with Crippen molar-refractivity contribution in [1.82, 2.24) is 4.98 Å². The largest absolute Gasteiger partial charge is 0.320 e. The predicted octanol–water partition coefficient (Wildman–Crippen LogP) is 3.09. The minimum absolute atomic E-state index is 0.198. The first-order chi connectivity index (χ1) is 7.70. The van der Waals surface area contributed by atoms with Gasteiger partial charge in [-0.1, -0.05) is 35.9 Å². The minimum Gasteiger partial charge on any atom is -0.320 e. The highest BCUT2D eigenvalue weighted by atomic mass is 35.5. The molecule has 1 aromatic heterocycles. The monoisotopic (exact) mass is 232 g/mol. The number of benzene rings is 1. The van der Waals surface area contributed by atoms with E-state index in [0.29, 0.717) is 5.02 Å². The molecule has 0 saturated carbocycles. The fraction of sp³-hybridized carbons (Fsp3) is 0.154. The molecule has 1 aromatic carbocycles. The zero-order valence-electron chi connectivity index (χ0n) is 9.02. The van der Waals surface area contributed by atoms with Crippen molar-refractivity contribution in [2.24, 2.45) is 5.73 Å². The maximum absolute atomic E-state index is 6.21. The molecule has 0 aliphatic rings. The number of nitrogens with zero attached hydrogens (tertiary/aromatic N) is 1. The molecule has 1 heterocycles. The van der Waals surface area contributed by atoms with Gasteiger partial charge in [0.1, 0.15) is 0 Å². The van der Waals surface area contributed by atoms with E-state index in [1.807, 2.05) is 37.3 Å². The number of aryl methyl sites for hydroxylation is 1. The zero-order chi connectivity index (χ0) is 11.5. The smallest absolute Gasteiger partial charge is 0.0640 e. The summed E-state index contributed by atoms with van der Waals surface area (Å²) in [6.07, 6.45) is 3.33. The molecule has 1 unspecified atom stereocenters. The molecule has 0 spiro atoms. The van der Waals surface area contributed by atoms with E-state index in [-0.39, 0.29) is 6.04 Å². The number of halogens is 1. The Bertz CT molecular complexity index is 451. The topological polar surface area (TPSA) is 38.9 Å². The summed E-state index contributed by atoms with van der Waals surface area (Å²) in [5.74, 6) is 0. The molecule has 2 N–H and O–H groups in total. The molecule has 0 fully saturated rings. The van der Waals surface area contributed by atoms with E-state index in [1.165, 1.54) is 5.56 Å². The average molecular weight is 233 g/mol. The highest BCUT2D eigenvalue weighted by Crippen LogP contribution is 2.27. The van der Waals surface area contributed by atoms with Gasteiger partial charge in [0.2, 0.25) is 0 Å². The Labute approximate surface area is 100 Å². The van der Waals surface area contributed by atoms with Gasteiger partial charge in [-0.25, -0.2) is 0 Å². The summed E-state index contributed by atoms with van der Waals surface area (Å²) in [6.45, 7) is 2.05. The average Bonchev–Trinajstić information content (AvgIpc) is 2.29. The van der Waals surface area contributed by atoms with Gasteiger partial charge >= 0.3 is 0 Å². The van der Waals surface area contributed by atoms with Gasteiger partial charge in [0, 0.05) is 12.4 Å². The van der Waals surface area contributed by atoms with Crippen LogP contribution < -0.4 is 5.73 Å². The Morgan fingerprint density at radius 1 is 1.19 bits per heavy atom. The zero-order valence-corrected chi connectivity index (χ0v) is 9.78. The molecule has 3 heteroatoms. The van der Waals surface area contributed by atoms with Crippen molar-refractivity contribution in [2.75, 3.05) is 0 Å². The summed E-state index contributed by atoms with van der Waals surface area (Å²) in [4.78, 5) is 3.96. The molecule has 0 aliphatic heterocycles. The molecule has 1 atom stereocenters. The van der Waals surface area contributed by atoms with Crippen molar-refractivity contribution in [3.8, 4) is 0 Å². The number of hydrogen-bond donors (Lipinski definition) is 1. The Balaban J connectivity index is 2.44. The van der Waals surface area contributed by atoms with Crippen LogP contribution in [-0.4, -0.2) is 4.98 Å². The Morgan fingerprint density at radius 3 is 2.62 bits per heavy atom. The van der Waals surface area contributed by atoms with Gasteiger partial charge in [0.15, 0.2) is 0 Å². The van der Waals surface area contributed by atoms with Gasteiger partial charge < -0.3 is 5.73 Å². The molecule has 0 radical (unpaired) electrons. The Kier molecular flexibility index (Phi) is 3.22. The third-order valence-electron chi connectivity index (χ3n) is 2.66. The summed E-state index contributed by atoms with van der Waals surface area (Å²) in [5.41, 5.74) is 9.38. The first-order valence-electron chi connectivity index (χ1n) is 5.10. The van der Waals surface area contributed by atoms with E-state index < -0.39 is 0 Å². The van der Waals surface area contributed by atoms with Crippen LogP contribution in [0.25, 0.3) is 0 Å². The summed E-state index contributed by atoms with van der Waals surface area (Å²) < 4.78 is 0. The van der Waals surface area contributed by atoms with E-state index in [2.05, 4.69) is 4.98 Å². The van der Waals surface area contributed by atoms with Crippen molar-refractivity contribution in [3.05, 3.63) is 64.4 Å². The van der Waals surface area contributed by atoms with Crippen molar-refractivity contribution in [3.63, 3.8) is 0 Å². The maximum atomic E-state index is 6.21. The predicted molar refractivity (Wildman–Crippen MR) is 66.5 cm³/mol. The van der Waals surface area contributed by atoms with Crippen LogP contribution in [-0.2, 0) is 0 Å². The fourth-order valence-corrected chi connectivity index (χ4v) is 1.98. The molecular formula is C13H13ClN2. The second kappa shape index (κ2) is 4.64. The molecule has 0 saturated heterocycles. The third kappa shape index (κ3) is 2.08.